The van der Waals surface area contributed by atoms with Crippen molar-refractivity contribution in [2.45, 2.75) is 20.3 Å². The minimum Gasteiger partial charge on any atom is -0.382 e. The molecule has 0 aromatic carbocycles. The zero-order valence-electron chi connectivity index (χ0n) is 9.71. The third-order valence-electron chi connectivity index (χ3n) is 2.82. The van der Waals surface area contributed by atoms with Crippen molar-refractivity contribution in [2.24, 2.45) is 11.8 Å². The molecule has 1 aliphatic rings. The average molecular weight is 214 g/mol. The summed E-state index contributed by atoms with van der Waals surface area (Å²) in [6.07, 6.45) is 0.897. The Hall–Kier alpha value is -0.610. The third kappa shape index (κ3) is 4.18. The van der Waals surface area contributed by atoms with Gasteiger partial charge in [-0.2, -0.15) is 0 Å². The van der Waals surface area contributed by atoms with E-state index in [-0.39, 0.29) is 11.8 Å². The lowest BCUT2D eigenvalue weighted by Crippen LogP contribution is -2.35. The quantitative estimate of drug-likeness (QED) is 0.629. The average Bonchev–Trinajstić information content (AvgIpc) is 2.64. The number of hydrogen-bond donors (Lipinski definition) is 2. The summed E-state index contributed by atoms with van der Waals surface area (Å²) in [7, 11) is 0. The zero-order chi connectivity index (χ0) is 11.1. The van der Waals surface area contributed by atoms with Gasteiger partial charge in [0.05, 0.1) is 5.92 Å². The van der Waals surface area contributed by atoms with Crippen molar-refractivity contribution in [2.75, 3.05) is 32.8 Å². The third-order valence-corrected chi connectivity index (χ3v) is 2.82. The topological polar surface area (TPSA) is 50.4 Å². The van der Waals surface area contributed by atoms with E-state index in [4.69, 9.17) is 4.74 Å². The molecule has 2 N–H and O–H groups in total. The molecule has 0 aromatic rings. The fourth-order valence-corrected chi connectivity index (χ4v) is 1.82. The Balaban J connectivity index is 2.08. The van der Waals surface area contributed by atoms with Crippen LogP contribution < -0.4 is 10.6 Å². The maximum Gasteiger partial charge on any atom is 0.224 e. The molecular formula is C11H22N2O2. The second-order valence-corrected chi connectivity index (χ2v) is 4.08. The molecule has 2 atom stereocenters. The first-order valence-corrected chi connectivity index (χ1v) is 5.82. The Kier molecular flexibility index (Phi) is 5.65. The minimum atomic E-state index is 0.150. The van der Waals surface area contributed by atoms with E-state index in [1.165, 1.54) is 0 Å². The van der Waals surface area contributed by atoms with Crippen LogP contribution in [-0.4, -0.2) is 38.8 Å². The molecule has 0 aromatic heterocycles. The molecule has 88 valence electrons. The van der Waals surface area contributed by atoms with Crippen molar-refractivity contribution in [3.63, 3.8) is 0 Å². The lowest BCUT2D eigenvalue weighted by molar-refractivity contribution is -0.125. The van der Waals surface area contributed by atoms with Gasteiger partial charge in [-0.3, -0.25) is 4.79 Å². The number of carbonyl (C=O) groups excluding carboxylic acids is 1. The maximum absolute atomic E-state index is 11.7. The number of ether oxygens (including phenoxy) is 1. The highest BCUT2D eigenvalue weighted by molar-refractivity contribution is 5.79. The van der Waals surface area contributed by atoms with Crippen LogP contribution >= 0.6 is 0 Å². The molecule has 15 heavy (non-hydrogen) atoms. The van der Waals surface area contributed by atoms with Crippen LogP contribution in [0.25, 0.3) is 0 Å². The Morgan fingerprint density at radius 2 is 2.33 bits per heavy atom. The van der Waals surface area contributed by atoms with Crippen LogP contribution in [0, 0.1) is 11.8 Å². The molecule has 0 aliphatic carbocycles. The molecule has 0 spiro atoms. The SMILES string of the molecule is CCOCCCNC(=O)[C@@H]1CNC[C@H]1C. The Bertz CT molecular complexity index is 197. The lowest BCUT2D eigenvalue weighted by Gasteiger charge is -2.13. The summed E-state index contributed by atoms with van der Waals surface area (Å²) in [6.45, 7) is 8.07. The molecule has 1 aliphatic heterocycles. The monoisotopic (exact) mass is 214 g/mol. The van der Waals surface area contributed by atoms with Crippen molar-refractivity contribution in [3.8, 4) is 0 Å². The van der Waals surface area contributed by atoms with Crippen LogP contribution in [0.15, 0.2) is 0 Å². The van der Waals surface area contributed by atoms with E-state index in [2.05, 4.69) is 17.6 Å². The molecule has 4 nitrogen and oxygen atoms in total. The molecule has 1 fully saturated rings. The number of carbonyl (C=O) groups is 1. The van der Waals surface area contributed by atoms with E-state index in [9.17, 15) is 4.79 Å². The molecule has 0 radical (unpaired) electrons. The summed E-state index contributed by atoms with van der Waals surface area (Å²) >= 11 is 0. The summed E-state index contributed by atoms with van der Waals surface area (Å²) in [5.74, 6) is 0.790. The standard InChI is InChI=1S/C11H22N2O2/c1-3-15-6-4-5-13-11(14)10-8-12-7-9(10)2/h9-10,12H,3-8H2,1-2H3,(H,13,14)/t9-,10-/m1/s1. The van der Waals surface area contributed by atoms with Gasteiger partial charge in [-0.05, 0) is 25.8 Å². The van der Waals surface area contributed by atoms with Crippen LogP contribution in [0.2, 0.25) is 0 Å². The van der Waals surface area contributed by atoms with Crippen LogP contribution in [0.5, 0.6) is 0 Å². The highest BCUT2D eigenvalue weighted by Gasteiger charge is 2.28. The van der Waals surface area contributed by atoms with Gasteiger partial charge in [0.1, 0.15) is 0 Å². The van der Waals surface area contributed by atoms with Gasteiger partial charge in [0.25, 0.3) is 0 Å². The van der Waals surface area contributed by atoms with Gasteiger partial charge in [0.2, 0.25) is 5.91 Å². The molecule has 1 rings (SSSR count). The summed E-state index contributed by atoms with van der Waals surface area (Å²) in [5.41, 5.74) is 0. The van der Waals surface area contributed by atoms with Crippen molar-refractivity contribution >= 4 is 5.91 Å². The summed E-state index contributed by atoms with van der Waals surface area (Å²) < 4.78 is 5.20. The van der Waals surface area contributed by atoms with E-state index in [1.807, 2.05) is 6.92 Å². The van der Waals surface area contributed by atoms with Crippen LogP contribution in [-0.2, 0) is 9.53 Å². The summed E-state index contributed by atoms with van der Waals surface area (Å²) in [5, 5.41) is 6.18. The van der Waals surface area contributed by atoms with Gasteiger partial charge in [0.15, 0.2) is 0 Å². The molecule has 0 saturated carbocycles. The van der Waals surface area contributed by atoms with Crippen molar-refractivity contribution in [1.29, 1.82) is 0 Å². The van der Waals surface area contributed by atoms with E-state index in [0.29, 0.717) is 5.92 Å². The minimum absolute atomic E-state index is 0.150. The van der Waals surface area contributed by atoms with Crippen molar-refractivity contribution < 1.29 is 9.53 Å². The fraction of sp³-hybridized carbons (Fsp3) is 0.909. The van der Waals surface area contributed by atoms with Gasteiger partial charge in [0, 0.05) is 26.3 Å². The van der Waals surface area contributed by atoms with Crippen LogP contribution in [0.3, 0.4) is 0 Å². The maximum atomic E-state index is 11.7. The van der Waals surface area contributed by atoms with E-state index < -0.39 is 0 Å². The predicted octanol–water partition coefficient (Wildman–Crippen LogP) is 0.385. The molecule has 1 saturated heterocycles. The highest BCUT2D eigenvalue weighted by Crippen LogP contribution is 2.15. The van der Waals surface area contributed by atoms with E-state index in [1.54, 1.807) is 0 Å². The number of amides is 1. The first kappa shape index (κ1) is 12.5. The number of rotatable bonds is 6. The Morgan fingerprint density at radius 3 is 2.93 bits per heavy atom. The van der Waals surface area contributed by atoms with Crippen molar-refractivity contribution in [1.82, 2.24) is 10.6 Å². The first-order chi connectivity index (χ1) is 7.25. The summed E-state index contributed by atoms with van der Waals surface area (Å²) in [4.78, 5) is 11.7. The van der Waals surface area contributed by atoms with Gasteiger partial charge in [-0.1, -0.05) is 6.92 Å². The molecule has 1 heterocycles. The second-order valence-electron chi connectivity index (χ2n) is 4.08. The van der Waals surface area contributed by atoms with Crippen molar-refractivity contribution in [3.05, 3.63) is 0 Å². The normalized spacial score (nSPS) is 25.5. The molecule has 4 heteroatoms. The van der Waals surface area contributed by atoms with Gasteiger partial charge in [-0.25, -0.2) is 0 Å². The second kappa shape index (κ2) is 6.80. The lowest BCUT2D eigenvalue weighted by atomic mass is 9.97. The molecule has 0 unspecified atom stereocenters. The highest BCUT2D eigenvalue weighted by atomic mass is 16.5. The summed E-state index contributed by atoms with van der Waals surface area (Å²) in [6, 6.07) is 0. The predicted molar refractivity (Wildman–Crippen MR) is 59.6 cm³/mol. The fourth-order valence-electron chi connectivity index (χ4n) is 1.82. The Morgan fingerprint density at radius 1 is 1.53 bits per heavy atom. The zero-order valence-corrected chi connectivity index (χ0v) is 9.71. The Labute approximate surface area is 91.8 Å². The smallest absolute Gasteiger partial charge is 0.224 e. The van der Waals surface area contributed by atoms with E-state index in [0.717, 1.165) is 39.3 Å². The van der Waals surface area contributed by atoms with Gasteiger partial charge >= 0.3 is 0 Å². The van der Waals surface area contributed by atoms with E-state index >= 15 is 0 Å². The number of hydrogen-bond acceptors (Lipinski definition) is 3. The van der Waals surface area contributed by atoms with Gasteiger partial charge < -0.3 is 15.4 Å². The van der Waals surface area contributed by atoms with Gasteiger partial charge in [-0.15, -0.1) is 0 Å². The van der Waals surface area contributed by atoms with Crippen LogP contribution in [0.4, 0.5) is 0 Å². The molecular weight excluding hydrogens is 192 g/mol. The largest absolute Gasteiger partial charge is 0.382 e. The molecule has 0 bridgehead atoms. The first-order valence-electron chi connectivity index (χ1n) is 5.82. The molecule has 1 amide bonds. The van der Waals surface area contributed by atoms with Crippen LogP contribution in [0.1, 0.15) is 20.3 Å². The number of nitrogens with one attached hydrogen (secondary N) is 2.